The van der Waals surface area contributed by atoms with Crippen LogP contribution in [0.5, 0.6) is 0 Å². The molecule has 1 aromatic carbocycles. The van der Waals surface area contributed by atoms with E-state index in [9.17, 15) is 27.2 Å². The van der Waals surface area contributed by atoms with Gasteiger partial charge in [0.25, 0.3) is 5.91 Å². The molecule has 174 valence electrons. The number of benzene rings is 1. The molecule has 1 saturated heterocycles. The Bertz CT molecular complexity index is 1300. The molecule has 0 saturated carbocycles. The van der Waals surface area contributed by atoms with Gasteiger partial charge >= 0.3 is 6.18 Å². The molecule has 33 heavy (non-hydrogen) atoms. The standard InChI is InChI=1S/C23H21F4N3O3/c1-11-12(4-3-5-15(11)24)13-9-22(2,23(25,26)27)33-10-14(13)17-8-18(31)19-16(30-17)6-7-29-20(19)21(28)32/h3-8,13-14H,9-10H2,1-2H3,(H2,28,32)(H,30,31)/t13-,14+,22-/m1/s1. The maximum Gasteiger partial charge on any atom is 0.417 e. The Morgan fingerprint density at radius 3 is 2.67 bits per heavy atom. The number of nitrogens with two attached hydrogens (primary N) is 1. The minimum Gasteiger partial charge on any atom is -0.365 e. The molecule has 0 bridgehead atoms. The van der Waals surface area contributed by atoms with E-state index in [2.05, 4.69) is 9.97 Å². The van der Waals surface area contributed by atoms with E-state index in [1.54, 1.807) is 6.07 Å². The third-order valence-corrected chi connectivity index (χ3v) is 6.38. The summed E-state index contributed by atoms with van der Waals surface area (Å²) in [7, 11) is 0. The van der Waals surface area contributed by atoms with Crippen LogP contribution in [-0.2, 0) is 4.74 Å². The van der Waals surface area contributed by atoms with Crippen LogP contribution in [0.3, 0.4) is 0 Å². The van der Waals surface area contributed by atoms with Crippen molar-refractivity contribution in [2.75, 3.05) is 6.61 Å². The van der Waals surface area contributed by atoms with Crippen LogP contribution < -0.4 is 11.2 Å². The van der Waals surface area contributed by atoms with Gasteiger partial charge in [-0.05, 0) is 49.4 Å². The van der Waals surface area contributed by atoms with Crippen LogP contribution in [0.15, 0.2) is 41.3 Å². The van der Waals surface area contributed by atoms with E-state index in [1.807, 2.05) is 0 Å². The number of carbonyl (C=O) groups is 1. The number of alkyl halides is 3. The van der Waals surface area contributed by atoms with Crippen LogP contribution in [0, 0.1) is 12.7 Å². The van der Waals surface area contributed by atoms with Gasteiger partial charge in [-0.2, -0.15) is 13.2 Å². The smallest absolute Gasteiger partial charge is 0.365 e. The highest BCUT2D eigenvalue weighted by Gasteiger charge is 2.57. The average Bonchev–Trinajstić information content (AvgIpc) is 2.74. The minimum atomic E-state index is -4.64. The van der Waals surface area contributed by atoms with Gasteiger partial charge in [0.05, 0.1) is 17.5 Å². The van der Waals surface area contributed by atoms with Crippen molar-refractivity contribution in [3.63, 3.8) is 0 Å². The monoisotopic (exact) mass is 463 g/mol. The lowest BCUT2D eigenvalue weighted by Crippen LogP contribution is -2.51. The number of pyridine rings is 2. The van der Waals surface area contributed by atoms with Crippen LogP contribution in [-0.4, -0.2) is 34.3 Å². The molecule has 2 aromatic heterocycles. The molecule has 6 nitrogen and oxygen atoms in total. The molecule has 3 aromatic rings. The van der Waals surface area contributed by atoms with Crippen LogP contribution >= 0.6 is 0 Å². The van der Waals surface area contributed by atoms with Gasteiger partial charge in [-0.15, -0.1) is 0 Å². The Morgan fingerprint density at radius 2 is 2.00 bits per heavy atom. The fourth-order valence-corrected chi connectivity index (χ4v) is 4.47. The lowest BCUT2D eigenvalue weighted by molar-refractivity contribution is -0.286. The summed E-state index contributed by atoms with van der Waals surface area (Å²) in [5.74, 6) is -2.92. The normalized spacial score (nSPS) is 23.6. The number of carbonyl (C=O) groups excluding carboxylic acids is 1. The Morgan fingerprint density at radius 1 is 1.27 bits per heavy atom. The van der Waals surface area contributed by atoms with Crippen molar-refractivity contribution in [3.8, 4) is 0 Å². The number of H-pyrrole nitrogens is 1. The zero-order valence-electron chi connectivity index (χ0n) is 17.8. The molecule has 0 aliphatic carbocycles. The molecule has 10 heteroatoms. The summed E-state index contributed by atoms with van der Waals surface area (Å²) in [6.45, 7) is 2.13. The molecule has 0 radical (unpaired) electrons. The number of aromatic nitrogens is 2. The number of rotatable bonds is 3. The average molecular weight is 463 g/mol. The van der Waals surface area contributed by atoms with E-state index in [1.165, 1.54) is 37.4 Å². The van der Waals surface area contributed by atoms with E-state index >= 15 is 0 Å². The second-order valence-electron chi connectivity index (χ2n) is 8.45. The molecule has 1 aliphatic heterocycles. The highest BCUT2D eigenvalue weighted by Crippen LogP contribution is 2.50. The number of fused-ring (bicyclic) bond motifs is 1. The van der Waals surface area contributed by atoms with E-state index in [0.717, 1.165) is 6.92 Å². The van der Waals surface area contributed by atoms with Gasteiger partial charge < -0.3 is 15.5 Å². The summed E-state index contributed by atoms with van der Waals surface area (Å²) in [6.07, 6.45) is -3.81. The number of nitrogens with zero attached hydrogens (tertiary/aromatic N) is 1. The SMILES string of the molecule is Cc1c(F)cccc1[C@H]1C[C@](C)(C(F)(F)F)OC[C@@H]1c1cc(=O)c2c(C(N)=O)nccc2[nH]1. The highest BCUT2D eigenvalue weighted by atomic mass is 19.4. The van der Waals surface area contributed by atoms with Crippen molar-refractivity contribution < 1.29 is 27.1 Å². The molecule has 3 N–H and O–H groups in total. The lowest BCUT2D eigenvalue weighted by Gasteiger charge is -2.44. The Balaban J connectivity index is 1.88. The number of aromatic amines is 1. The van der Waals surface area contributed by atoms with E-state index in [0.29, 0.717) is 11.3 Å². The third-order valence-electron chi connectivity index (χ3n) is 6.38. The Kier molecular flexibility index (Phi) is 5.52. The zero-order chi connectivity index (χ0) is 24.1. The van der Waals surface area contributed by atoms with Crippen molar-refractivity contribution in [3.05, 3.63) is 75.1 Å². The number of nitrogens with one attached hydrogen (secondary N) is 1. The first-order valence-corrected chi connectivity index (χ1v) is 10.2. The van der Waals surface area contributed by atoms with Gasteiger partial charge in [0, 0.05) is 23.9 Å². The summed E-state index contributed by atoms with van der Waals surface area (Å²) in [4.78, 5) is 31.4. The summed E-state index contributed by atoms with van der Waals surface area (Å²) < 4.78 is 61.1. The summed E-state index contributed by atoms with van der Waals surface area (Å²) in [5, 5.41) is -0.0101. The largest absolute Gasteiger partial charge is 0.417 e. The first-order chi connectivity index (χ1) is 15.4. The number of amides is 1. The number of ether oxygens (including phenoxy) is 1. The lowest BCUT2D eigenvalue weighted by atomic mass is 9.73. The van der Waals surface area contributed by atoms with Crippen molar-refractivity contribution in [2.45, 2.75) is 43.9 Å². The van der Waals surface area contributed by atoms with Gasteiger partial charge in [-0.1, -0.05) is 12.1 Å². The molecule has 1 aliphatic rings. The Labute approximate surface area is 185 Å². The minimum absolute atomic E-state index is 0.0101. The predicted molar refractivity (Wildman–Crippen MR) is 113 cm³/mol. The summed E-state index contributed by atoms with van der Waals surface area (Å²) in [6, 6.07) is 6.96. The van der Waals surface area contributed by atoms with Crippen LogP contribution in [0.25, 0.3) is 10.9 Å². The predicted octanol–water partition coefficient (Wildman–Crippen LogP) is 4.08. The number of hydrogen-bond donors (Lipinski definition) is 2. The maximum atomic E-state index is 14.3. The molecule has 0 unspecified atom stereocenters. The first kappa shape index (κ1) is 22.9. The molecule has 1 fully saturated rings. The number of primary amides is 1. The van der Waals surface area contributed by atoms with Crippen LogP contribution in [0.4, 0.5) is 17.6 Å². The second kappa shape index (κ2) is 7.95. The van der Waals surface area contributed by atoms with Gasteiger partial charge in [0.1, 0.15) is 11.5 Å². The molecule has 1 amide bonds. The van der Waals surface area contributed by atoms with Crippen molar-refractivity contribution in [2.24, 2.45) is 5.73 Å². The molecule has 3 atom stereocenters. The molecule has 4 rings (SSSR count). The highest BCUT2D eigenvalue weighted by molar-refractivity contribution is 6.03. The van der Waals surface area contributed by atoms with Crippen molar-refractivity contribution in [1.29, 1.82) is 0 Å². The van der Waals surface area contributed by atoms with Gasteiger partial charge in [0.2, 0.25) is 0 Å². The van der Waals surface area contributed by atoms with Crippen LogP contribution in [0.2, 0.25) is 0 Å². The van der Waals surface area contributed by atoms with Gasteiger partial charge in [-0.3, -0.25) is 14.6 Å². The van der Waals surface area contributed by atoms with Crippen molar-refractivity contribution >= 4 is 16.8 Å². The number of halogens is 4. The molecular weight excluding hydrogens is 442 g/mol. The third kappa shape index (κ3) is 3.88. The van der Waals surface area contributed by atoms with E-state index in [-0.39, 0.29) is 28.8 Å². The van der Waals surface area contributed by atoms with Gasteiger partial charge in [0.15, 0.2) is 11.0 Å². The second-order valence-corrected chi connectivity index (χ2v) is 8.45. The zero-order valence-corrected chi connectivity index (χ0v) is 17.8. The maximum absolute atomic E-state index is 14.3. The van der Waals surface area contributed by atoms with Gasteiger partial charge in [-0.25, -0.2) is 4.39 Å². The van der Waals surface area contributed by atoms with Crippen LogP contribution in [0.1, 0.15) is 52.5 Å². The van der Waals surface area contributed by atoms with E-state index in [4.69, 9.17) is 10.5 Å². The molecule has 0 spiro atoms. The van der Waals surface area contributed by atoms with E-state index < -0.39 is 47.2 Å². The Hall–Kier alpha value is -3.27. The van der Waals surface area contributed by atoms with Crippen molar-refractivity contribution in [1.82, 2.24) is 9.97 Å². The fraction of sp³-hybridized carbons (Fsp3) is 0.348. The summed E-state index contributed by atoms with van der Waals surface area (Å²) >= 11 is 0. The first-order valence-electron chi connectivity index (χ1n) is 10.2. The number of hydrogen-bond acceptors (Lipinski definition) is 4. The molecule has 3 heterocycles. The quantitative estimate of drug-likeness (QED) is 0.572. The summed E-state index contributed by atoms with van der Waals surface area (Å²) in [5.41, 5.74) is 3.34. The topological polar surface area (TPSA) is 98.1 Å². The fourth-order valence-electron chi connectivity index (χ4n) is 4.47. The molecular formula is C23H21F4N3O3.